The van der Waals surface area contributed by atoms with Gasteiger partial charge in [-0.1, -0.05) is 0 Å². The predicted molar refractivity (Wildman–Crippen MR) is 21.0 cm³/mol. The number of hydrogen-bond acceptors (Lipinski definition) is 2. The van der Waals surface area contributed by atoms with Crippen LogP contribution in [-0.2, 0) is 9.59 Å². The Kier molecular flexibility index (Phi) is 1.68. The average Bonchev–Trinajstić information content (AvgIpc) is 1.38. The number of rotatable bonds is 1. The highest BCUT2D eigenvalue weighted by Gasteiger charge is 1.76. The van der Waals surface area contributed by atoms with Crippen molar-refractivity contribution in [3.8, 4) is 0 Å². The summed E-state index contributed by atoms with van der Waals surface area (Å²) < 4.78 is 0. The van der Waals surface area contributed by atoms with Gasteiger partial charge in [-0.05, 0) is 0 Å². The summed E-state index contributed by atoms with van der Waals surface area (Å²) in [7, 11) is 0.363. The van der Waals surface area contributed by atoms with Gasteiger partial charge in [0.1, 0.15) is 0 Å². The van der Waals surface area contributed by atoms with E-state index < -0.39 is 0 Å². The molecular weight excluding hydrogens is 84.1 g/mol. The second-order valence-corrected chi connectivity index (χ2v) is 1.71. The van der Waals surface area contributed by atoms with Crippen LogP contribution in [0.2, 0.25) is 0 Å². The van der Waals surface area contributed by atoms with E-state index >= 15 is 0 Å². The van der Waals surface area contributed by atoms with E-state index in [2.05, 4.69) is 0 Å². The van der Waals surface area contributed by atoms with Crippen LogP contribution in [0.5, 0.6) is 0 Å². The Labute approximate surface area is 32.6 Å². The summed E-state index contributed by atoms with van der Waals surface area (Å²) in [6, 6.07) is 0. The fourth-order valence-corrected chi connectivity index (χ4v) is 0. The molecule has 0 radical (unpaired) electrons. The van der Waals surface area contributed by atoms with Gasteiger partial charge in [0, 0.05) is 0 Å². The van der Waals surface area contributed by atoms with Crippen LogP contribution in [0.1, 0.15) is 0 Å². The highest BCUT2D eigenvalue weighted by atomic mass is 28.1. The third-order valence-corrected chi connectivity index (χ3v) is 0.402. The minimum absolute atomic E-state index is 0.287. The van der Waals surface area contributed by atoms with E-state index in [0.29, 0.717) is 16.5 Å². The van der Waals surface area contributed by atoms with Gasteiger partial charge in [-0.3, -0.25) is 9.59 Å². The van der Waals surface area contributed by atoms with Gasteiger partial charge in [0.05, 0.1) is 10.2 Å². The molecule has 0 amide bonds. The molecule has 3 heteroatoms. The highest BCUT2D eigenvalue weighted by molar-refractivity contribution is 6.72. The normalized spacial score (nSPS) is 7.20. The monoisotopic (exact) mass is 88.0 g/mol. The van der Waals surface area contributed by atoms with E-state index in [0.717, 1.165) is 0 Å². The molecule has 0 saturated carbocycles. The second kappa shape index (κ2) is 1.84. The molecule has 0 fully saturated rings. The molecule has 0 atom stereocenters. The topological polar surface area (TPSA) is 34.1 Å². The van der Waals surface area contributed by atoms with Gasteiger partial charge in [0.2, 0.25) is 0 Å². The summed E-state index contributed by atoms with van der Waals surface area (Å²) >= 11 is 0. The summed E-state index contributed by atoms with van der Waals surface area (Å²) in [6.07, 6.45) is 0.340. The van der Waals surface area contributed by atoms with Crippen LogP contribution in [0.4, 0.5) is 0 Å². The lowest BCUT2D eigenvalue weighted by Gasteiger charge is -1.57. The van der Waals surface area contributed by atoms with Crippen LogP contribution in [-0.4, -0.2) is 21.9 Å². The van der Waals surface area contributed by atoms with E-state index in [1.165, 1.54) is 0 Å². The van der Waals surface area contributed by atoms with Crippen LogP contribution >= 0.6 is 0 Å². The molecule has 0 aromatic rings. The molecule has 0 bridgehead atoms. The molecule has 0 aliphatic rings. The van der Waals surface area contributed by atoms with E-state index in [1.54, 1.807) is 0 Å². The molecule has 5 heavy (non-hydrogen) atoms. The van der Waals surface area contributed by atoms with Gasteiger partial charge >= 0.3 is 0 Å². The van der Waals surface area contributed by atoms with Crippen molar-refractivity contribution in [2.75, 3.05) is 0 Å². The molecule has 2 nitrogen and oxygen atoms in total. The third kappa shape index (κ3) is 3.56. The van der Waals surface area contributed by atoms with E-state index in [4.69, 9.17) is 0 Å². The lowest BCUT2D eigenvalue weighted by atomic mass is 10.9. The van der Waals surface area contributed by atoms with Crippen LogP contribution in [0.15, 0.2) is 0 Å². The molecule has 0 heterocycles. The Balaban J connectivity index is 3.20. The second-order valence-electron chi connectivity index (χ2n) is 0.729. The van der Waals surface area contributed by atoms with Crippen LogP contribution in [0.25, 0.3) is 0 Å². The number of aldehydes is 1. The lowest BCUT2D eigenvalue weighted by molar-refractivity contribution is -0.124. The fraction of sp³-hybridized carbons (Fsp3) is 0. The van der Waals surface area contributed by atoms with E-state index in [1.807, 2.05) is 0 Å². The van der Waals surface area contributed by atoms with Crippen molar-refractivity contribution in [3.63, 3.8) is 0 Å². The first-order chi connectivity index (χ1) is 2.27. The van der Waals surface area contributed by atoms with E-state index in [9.17, 15) is 9.59 Å². The zero-order valence-corrected chi connectivity index (χ0v) is 4.89. The zero-order chi connectivity index (χ0) is 4.28. The quantitative estimate of drug-likeness (QED) is 0.213. The van der Waals surface area contributed by atoms with Gasteiger partial charge in [0.25, 0.3) is 0 Å². The SMILES string of the molecule is O=CC(=O)[SiH3]. The fourth-order valence-electron chi connectivity index (χ4n) is 0. The molecule has 0 aliphatic carbocycles. The Morgan fingerprint density at radius 3 is 2.00 bits per heavy atom. The summed E-state index contributed by atoms with van der Waals surface area (Å²) in [5.41, 5.74) is 0. The van der Waals surface area contributed by atoms with Gasteiger partial charge in [-0.2, -0.15) is 0 Å². The molecule has 0 saturated heterocycles. The average molecular weight is 88.1 g/mol. The van der Waals surface area contributed by atoms with Crippen molar-refractivity contribution >= 4 is 21.9 Å². The Morgan fingerprint density at radius 1 is 1.80 bits per heavy atom. The first-order valence-electron chi connectivity index (χ1n) is 1.23. The van der Waals surface area contributed by atoms with Crippen molar-refractivity contribution in [2.45, 2.75) is 0 Å². The first-order valence-corrected chi connectivity index (χ1v) is 2.23. The van der Waals surface area contributed by atoms with Crippen molar-refractivity contribution in [1.29, 1.82) is 0 Å². The predicted octanol–water partition coefficient (Wildman–Crippen LogP) is -1.92. The highest BCUT2D eigenvalue weighted by Crippen LogP contribution is 1.38. The molecule has 28 valence electrons. The van der Waals surface area contributed by atoms with Crippen LogP contribution in [0.3, 0.4) is 0 Å². The Morgan fingerprint density at radius 2 is 2.00 bits per heavy atom. The third-order valence-electron chi connectivity index (χ3n) is 0.166. The van der Waals surface area contributed by atoms with Crippen molar-refractivity contribution in [1.82, 2.24) is 0 Å². The van der Waals surface area contributed by atoms with Gasteiger partial charge < -0.3 is 0 Å². The van der Waals surface area contributed by atoms with Gasteiger partial charge in [-0.15, -0.1) is 0 Å². The molecule has 0 unspecified atom stereocenters. The summed E-state index contributed by atoms with van der Waals surface area (Å²) in [5.74, 6) is 0. The van der Waals surface area contributed by atoms with Crippen molar-refractivity contribution in [3.05, 3.63) is 0 Å². The maximum atomic E-state index is 9.51. The molecular formula is C2H4O2Si. The van der Waals surface area contributed by atoms with Crippen LogP contribution in [0, 0.1) is 0 Å². The van der Waals surface area contributed by atoms with E-state index in [-0.39, 0.29) is 5.41 Å². The van der Waals surface area contributed by atoms with Gasteiger partial charge in [-0.25, -0.2) is 0 Å². The van der Waals surface area contributed by atoms with Crippen LogP contribution < -0.4 is 0 Å². The van der Waals surface area contributed by atoms with Crippen molar-refractivity contribution < 1.29 is 9.59 Å². The van der Waals surface area contributed by atoms with Gasteiger partial charge in [0.15, 0.2) is 11.7 Å². The zero-order valence-electron chi connectivity index (χ0n) is 2.89. The minimum atomic E-state index is -0.287. The maximum Gasteiger partial charge on any atom is 0.179 e. The smallest absolute Gasteiger partial charge is 0.179 e. The molecule has 0 N–H and O–H groups in total. The molecule has 0 spiro atoms. The Bertz CT molecular complexity index is 58.7. The number of carbonyl (C=O) groups is 2. The molecule has 0 rings (SSSR count). The molecule has 0 aromatic heterocycles. The largest absolute Gasteiger partial charge is 0.298 e. The lowest BCUT2D eigenvalue weighted by Crippen LogP contribution is -1.93. The van der Waals surface area contributed by atoms with Crippen molar-refractivity contribution in [2.24, 2.45) is 0 Å². The standard InChI is InChI=1S/C2H4O2Si/c3-1-2(4)5/h1H,5H3. The number of carbonyl (C=O) groups excluding carboxylic acids is 2. The number of hydrogen-bond donors (Lipinski definition) is 0. The maximum absolute atomic E-state index is 9.51. The minimum Gasteiger partial charge on any atom is -0.298 e. The molecule has 0 aromatic carbocycles. The first kappa shape index (κ1) is 4.56. The summed E-state index contributed by atoms with van der Waals surface area (Å²) in [6.45, 7) is 0. The Hall–Kier alpha value is -0.443. The molecule has 0 aliphatic heterocycles. The summed E-state index contributed by atoms with van der Waals surface area (Å²) in [4.78, 5) is 18.7. The summed E-state index contributed by atoms with van der Waals surface area (Å²) in [5, 5.41) is -0.287.